The summed E-state index contributed by atoms with van der Waals surface area (Å²) in [5.41, 5.74) is 6.78. The summed E-state index contributed by atoms with van der Waals surface area (Å²) in [5.74, 6) is 0. The zero-order chi connectivity index (χ0) is 34.6. The van der Waals surface area contributed by atoms with Gasteiger partial charge in [-0.15, -0.1) is 0 Å². The molecule has 12 aromatic rings. The molecule has 0 saturated carbocycles. The van der Waals surface area contributed by atoms with Crippen molar-refractivity contribution in [1.29, 1.82) is 0 Å². The molecule has 1 heteroatoms. The Labute approximate surface area is 304 Å². The van der Waals surface area contributed by atoms with E-state index in [9.17, 15) is 0 Å². The van der Waals surface area contributed by atoms with Crippen LogP contribution in [0.3, 0.4) is 0 Å². The van der Waals surface area contributed by atoms with E-state index in [1.54, 1.807) is 0 Å². The topological polar surface area (TPSA) is 13.1 Å². The summed E-state index contributed by atoms with van der Waals surface area (Å²) in [5, 5.41) is 20.0. The molecule has 12 rings (SSSR count). The molecule has 0 spiro atoms. The van der Waals surface area contributed by atoms with Crippen molar-refractivity contribution in [3.8, 4) is 22.3 Å². The lowest BCUT2D eigenvalue weighted by Crippen LogP contribution is -1.93. The summed E-state index contributed by atoms with van der Waals surface area (Å²) in [6, 6.07) is 66.8. The Morgan fingerprint density at radius 1 is 0.245 bits per heavy atom. The van der Waals surface area contributed by atoms with Gasteiger partial charge in [-0.3, -0.25) is 0 Å². The summed E-state index contributed by atoms with van der Waals surface area (Å²) in [6.07, 6.45) is 0. The molecule has 244 valence electrons. The van der Waals surface area contributed by atoms with E-state index in [1.807, 2.05) is 0 Å². The third-order valence-electron chi connectivity index (χ3n) is 11.6. The fourth-order valence-electron chi connectivity index (χ4n) is 9.48. The number of hydrogen-bond donors (Lipinski definition) is 0. The third kappa shape index (κ3) is 3.91. The summed E-state index contributed by atoms with van der Waals surface area (Å²) in [6.45, 7) is 0. The standard InChI is InChI=1S/C52H30O/c1-2-15-32-31(14-1)28-29-47-51(32)52-43(26-13-27-46(52)53-47)48-39-22-9-11-24-41(39)50(42-25-12-10-23-40(42)48)45-30-44-35-18-4-3-16-33(35)34-17-5-7-20-37(34)49(44)38-21-8-6-19-36(38)45/h1-30H. The maximum Gasteiger partial charge on any atom is 0.136 e. The van der Waals surface area contributed by atoms with Crippen LogP contribution in [0.15, 0.2) is 186 Å². The Hall–Kier alpha value is -6.96. The van der Waals surface area contributed by atoms with Crippen LogP contribution in [0.4, 0.5) is 0 Å². The molecule has 1 nitrogen and oxygen atoms in total. The molecule has 0 aliphatic heterocycles. The summed E-state index contributed by atoms with van der Waals surface area (Å²) in [7, 11) is 0. The van der Waals surface area contributed by atoms with E-state index >= 15 is 0 Å². The predicted molar refractivity (Wildman–Crippen MR) is 227 cm³/mol. The van der Waals surface area contributed by atoms with Gasteiger partial charge in [0.15, 0.2) is 0 Å². The van der Waals surface area contributed by atoms with Crippen LogP contribution in [-0.2, 0) is 0 Å². The first-order chi connectivity index (χ1) is 26.3. The van der Waals surface area contributed by atoms with E-state index in [4.69, 9.17) is 4.42 Å². The SMILES string of the molecule is c1ccc2c(c1)ccc1oc3cccc(-c4c5ccccc5c(-c5cc6c7ccccc7c7ccccc7c6c6ccccc56)c5ccccc45)c3c12. The lowest BCUT2D eigenvalue weighted by atomic mass is 9.82. The zero-order valence-corrected chi connectivity index (χ0v) is 28.7. The van der Waals surface area contributed by atoms with Crippen LogP contribution in [0.1, 0.15) is 0 Å². The van der Waals surface area contributed by atoms with Gasteiger partial charge in [-0.05, 0) is 116 Å². The van der Waals surface area contributed by atoms with Gasteiger partial charge in [0.1, 0.15) is 11.2 Å². The molecular weight excluding hydrogens is 641 g/mol. The van der Waals surface area contributed by atoms with E-state index in [-0.39, 0.29) is 0 Å². The van der Waals surface area contributed by atoms with Crippen molar-refractivity contribution in [2.24, 2.45) is 0 Å². The first-order valence-electron chi connectivity index (χ1n) is 18.4. The lowest BCUT2D eigenvalue weighted by molar-refractivity contribution is 0.669. The molecule has 0 aliphatic rings. The number of furan rings is 1. The molecular formula is C52H30O. The molecule has 0 unspecified atom stereocenters. The van der Waals surface area contributed by atoms with Crippen LogP contribution in [0.2, 0.25) is 0 Å². The minimum Gasteiger partial charge on any atom is -0.456 e. The average molecular weight is 671 g/mol. The summed E-state index contributed by atoms with van der Waals surface area (Å²) in [4.78, 5) is 0. The van der Waals surface area contributed by atoms with Gasteiger partial charge in [-0.1, -0.05) is 164 Å². The molecule has 1 aromatic heterocycles. The van der Waals surface area contributed by atoms with Crippen LogP contribution in [0.25, 0.3) is 120 Å². The zero-order valence-electron chi connectivity index (χ0n) is 28.7. The Morgan fingerprint density at radius 2 is 0.698 bits per heavy atom. The van der Waals surface area contributed by atoms with Gasteiger partial charge in [0.25, 0.3) is 0 Å². The van der Waals surface area contributed by atoms with Crippen molar-refractivity contribution < 1.29 is 4.42 Å². The molecule has 0 amide bonds. The molecule has 0 aliphatic carbocycles. The molecule has 1 heterocycles. The summed E-state index contributed by atoms with van der Waals surface area (Å²) >= 11 is 0. The molecule has 0 fully saturated rings. The van der Waals surface area contributed by atoms with Crippen LogP contribution in [0.5, 0.6) is 0 Å². The lowest BCUT2D eigenvalue weighted by Gasteiger charge is -2.21. The smallest absolute Gasteiger partial charge is 0.136 e. The van der Waals surface area contributed by atoms with Crippen molar-refractivity contribution in [3.05, 3.63) is 182 Å². The largest absolute Gasteiger partial charge is 0.456 e. The van der Waals surface area contributed by atoms with E-state index in [2.05, 4.69) is 182 Å². The number of fused-ring (bicyclic) bond motifs is 15. The van der Waals surface area contributed by atoms with E-state index in [0.29, 0.717) is 0 Å². The van der Waals surface area contributed by atoms with Gasteiger partial charge in [0.2, 0.25) is 0 Å². The van der Waals surface area contributed by atoms with Gasteiger partial charge in [-0.25, -0.2) is 0 Å². The summed E-state index contributed by atoms with van der Waals surface area (Å²) < 4.78 is 6.59. The highest BCUT2D eigenvalue weighted by atomic mass is 16.3. The monoisotopic (exact) mass is 670 g/mol. The molecule has 11 aromatic carbocycles. The number of rotatable bonds is 2. The second-order valence-corrected chi connectivity index (χ2v) is 14.3. The quantitative estimate of drug-likeness (QED) is 0.132. The molecule has 0 bridgehead atoms. The maximum absolute atomic E-state index is 6.59. The normalized spacial score (nSPS) is 12.2. The highest BCUT2D eigenvalue weighted by Crippen LogP contribution is 2.50. The minimum absolute atomic E-state index is 0.908. The van der Waals surface area contributed by atoms with Crippen LogP contribution in [0, 0.1) is 0 Å². The number of benzene rings is 11. The Bertz CT molecular complexity index is 3450. The van der Waals surface area contributed by atoms with Gasteiger partial charge in [0, 0.05) is 10.8 Å². The van der Waals surface area contributed by atoms with Gasteiger partial charge in [0.05, 0.1) is 0 Å². The highest BCUT2D eigenvalue weighted by Gasteiger charge is 2.23. The first kappa shape index (κ1) is 28.7. The minimum atomic E-state index is 0.908. The first-order valence-corrected chi connectivity index (χ1v) is 18.4. The second kappa shape index (κ2) is 10.8. The second-order valence-electron chi connectivity index (χ2n) is 14.3. The van der Waals surface area contributed by atoms with E-state index in [0.717, 1.165) is 16.6 Å². The molecule has 0 radical (unpaired) electrons. The average Bonchev–Trinajstić information content (AvgIpc) is 3.62. The Morgan fingerprint density at radius 3 is 1.34 bits per heavy atom. The molecule has 0 atom stereocenters. The van der Waals surface area contributed by atoms with Crippen molar-refractivity contribution in [2.45, 2.75) is 0 Å². The van der Waals surface area contributed by atoms with Crippen LogP contribution >= 0.6 is 0 Å². The Balaban J connectivity index is 1.27. The fraction of sp³-hybridized carbons (Fsp3) is 0. The highest BCUT2D eigenvalue weighted by molar-refractivity contribution is 6.35. The van der Waals surface area contributed by atoms with Crippen LogP contribution in [-0.4, -0.2) is 0 Å². The predicted octanol–water partition coefficient (Wildman–Crippen LogP) is 15.0. The fourth-order valence-corrected chi connectivity index (χ4v) is 9.48. The molecule has 53 heavy (non-hydrogen) atoms. The number of hydrogen-bond acceptors (Lipinski definition) is 1. The molecule has 0 saturated heterocycles. The maximum atomic E-state index is 6.59. The van der Waals surface area contributed by atoms with Crippen molar-refractivity contribution in [3.63, 3.8) is 0 Å². The van der Waals surface area contributed by atoms with Gasteiger partial charge < -0.3 is 4.42 Å². The van der Waals surface area contributed by atoms with Gasteiger partial charge >= 0.3 is 0 Å². The van der Waals surface area contributed by atoms with Crippen molar-refractivity contribution >= 4 is 97.3 Å². The third-order valence-corrected chi connectivity index (χ3v) is 11.6. The Kier molecular flexibility index (Phi) is 5.84. The molecule has 0 N–H and O–H groups in total. The van der Waals surface area contributed by atoms with Crippen molar-refractivity contribution in [1.82, 2.24) is 0 Å². The van der Waals surface area contributed by atoms with E-state index < -0.39 is 0 Å². The van der Waals surface area contributed by atoms with Crippen molar-refractivity contribution in [2.75, 3.05) is 0 Å². The van der Waals surface area contributed by atoms with Crippen LogP contribution < -0.4 is 0 Å². The van der Waals surface area contributed by atoms with E-state index in [1.165, 1.54) is 103 Å². The van der Waals surface area contributed by atoms with Gasteiger partial charge in [-0.2, -0.15) is 0 Å².